The summed E-state index contributed by atoms with van der Waals surface area (Å²) < 4.78 is 38.3. The summed E-state index contributed by atoms with van der Waals surface area (Å²) in [4.78, 5) is 20.7. The fourth-order valence-corrected chi connectivity index (χ4v) is 2.86. The van der Waals surface area contributed by atoms with Gasteiger partial charge in [-0.1, -0.05) is 41.6 Å². The fourth-order valence-electron chi connectivity index (χ4n) is 2.86. The molecule has 0 N–H and O–H groups in total. The van der Waals surface area contributed by atoms with Crippen molar-refractivity contribution in [3.05, 3.63) is 70.7 Å². The van der Waals surface area contributed by atoms with Crippen LogP contribution in [0.2, 0.25) is 0 Å². The van der Waals surface area contributed by atoms with Crippen molar-refractivity contribution in [1.29, 1.82) is 0 Å². The summed E-state index contributed by atoms with van der Waals surface area (Å²) in [6.07, 6.45) is 4.60. The highest BCUT2D eigenvalue weighted by Crippen LogP contribution is 2.21. The van der Waals surface area contributed by atoms with E-state index in [2.05, 4.69) is 15.2 Å². The zero-order valence-electron chi connectivity index (χ0n) is 15.6. The number of halogens is 3. The summed E-state index contributed by atoms with van der Waals surface area (Å²) in [5, 5.41) is 7.90. The van der Waals surface area contributed by atoms with Crippen molar-refractivity contribution in [3.63, 3.8) is 0 Å². The molecule has 1 atom stereocenters. The summed E-state index contributed by atoms with van der Waals surface area (Å²) in [5.41, 5.74) is 1.33. The lowest BCUT2D eigenvalue weighted by Gasteiger charge is -2.16. The molecule has 1 unspecified atom stereocenters. The molecule has 1 heterocycles. The summed E-state index contributed by atoms with van der Waals surface area (Å²) in [6.45, 7) is 0.856. The van der Waals surface area contributed by atoms with Gasteiger partial charge in [-0.25, -0.2) is 9.67 Å². The van der Waals surface area contributed by atoms with Crippen LogP contribution in [0.15, 0.2) is 64.7 Å². The van der Waals surface area contributed by atoms with Crippen molar-refractivity contribution in [2.45, 2.75) is 26.1 Å². The number of alkyl halides is 3. The van der Waals surface area contributed by atoms with Gasteiger partial charge < -0.3 is 4.84 Å². The molecule has 152 valence electrons. The lowest BCUT2D eigenvalue weighted by atomic mass is 9.91. The molecule has 0 amide bonds. The number of rotatable bonds is 6. The Morgan fingerprint density at radius 3 is 2.86 bits per heavy atom. The van der Waals surface area contributed by atoms with Gasteiger partial charge in [-0.2, -0.15) is 13.2 Å². The van der Waals surface area contributed by atoms with E-state index in [1.807, 2.05) is 37.3 Å². The first-order valence-electron chi connectivity index (χ1n) is 9.00. The molecule has 1 aromatic heterocycles. The molecule has 29 heavy (non-hydrogen) atoms. The predicted molar refractivity (Wildman–Crippen MR) is 102 cm³/mol. The first-order valence-corrected chi connectivity index (χ1v) is 9.00. The third-order valence-corrected chi connectivity index (χ3v) is 4.14. The number of benzene rings is 1. The Hall–Kier alpha value is -3.23. The summed E-state index contributed by atoms with van der Waals surface area (Å²) >= 11 is 0. The number of oxime groups is 1. The Labute approximate surface area is 165 Å². The molecule has 1 aromatic carbocycles. The first-order chi connectivity index (χ1) is 13.9. The summed E-state index contributed by atoms with van der Waals surface area (Å²) in [6, 6.07) is 7.16. The maximum Gasteiger partial charge on any atom is 0.408 e. The Balaban J connectivity index is 1.85. The topological polar surface area (TPSA) is 69.4 Å². The van der Waals surface area contributed by atoms with Gasteiger partial charge in [0.1, 0.15) is 13.2 Å². The van der Waals surface area contributed by atoms with Gasteiger partial charge >= 0.3 is 6.18 Å². The number of nitrogens with zero attached hydrogens (tertiary/aromatic N) is 4. The molecule has 0 fully saturated rings. The number of aromatic nitrogens is 3. The quantitative estimate of drug-likeness (QED) is 0.691. The fraction of sp³-hybridized carbons (Fsp3) is 0.300. The summed E-state index contributed by atoms with van der Waals surface area (Å²) in [5.74, 6) is 0.0555. The van der Waals surface area contributed by atoms with Crippen LogP contribution in [-0.4, -0.2) is 33.3 Å². The van der Waals surface area contributed by atoms with Crippen LogP contribution in [0, 0.1) is 5.92 Å². The van der Waals surface area contributed by atoms with Crippen molar-refractivity contribution in [2.24, 2.45) is 11.1 Å². The number of hydrogen-bond donors (Lipinski definition) is 0. The minimum Gasteiger partial charge on any atom is -0.396 e. The predicted octanol–water partition coefficient (Wildman–Crippen LogP) is 3.54. The highest BCUT2D eigenvalue weighted by molar-refractivity contribution is 5.99. The monoisotopic (exact) mass is 404 g/mol. The van der Waals surface area contributed by atoms with E-state index in [1.54, 1.807) is 18.2 Å². The molecule has 6 nitrogen and oxygen atoms in total. The van der Waals surface area contributed by atoms with Crippen molar-refractivity contribution < 1.29 is 18.0 Å². The number of hydrogen-bond acceptors (Lipinski definition) is 5. The van der Waals surface area contributed by atoms with E-state index < -0.39 is 18.3 Å². The largest absolute Gasteiger partial charge is 0.408 e. The van der Waals surface area contributed by atoms with Gasteiger partial charge in [0.2, 0.25) is 0 Å². The SMILES string of the molecule is CCON=C1C=CC=CC1Cc1cccc(-c2ncc(=O)n(CC(F)(F)F)n2)c1. The van der Waals surface area contributed by atoms with Crippen molar-refractivity contribution in [1.82, 2.24) is 14.8 Å². The van der Waals surface area contributed by atoms with E-state index in [4.69, 9.17) is 4.84 Å². The Morgan fingerprint density at radius 1 is 1.28 bits per heavy atom. The van der Waals surface area contributed by atoms with Gasteiger partial charge in [0.25, 0.3) is 5.56 Å². The third-order valence-electron chi connectivity index (χ3n) is 4.14. The minimum absolute atomic E-state index is 0.00176. The maximum atomic E-state index is 12.7. The van der Waals surface area contributed by atoms with Gasteiger partial charge in [-0.15, -0.1) is 5.10 Å². The molecule has 0 bridgehead atoms. The van der Waals surface area contributed by atoms with Crippen LogP contribution in [0.4, 0.5) is 13.2 Å². The van der Waals surface area contributed by atoms with E-state index in [0.717, 1.165) is 17.5 Å². The first kappa shape index (κ1) is 20.5. The second-order valence-electron chi connectivity index (χ2n) is 6.38. The summed E-state index contributed by atoms with van der Waals surface area (Å²) in [7, 11) is 0. The second-order valence-corrected chi connectivity index (χ2v) is 6.38. The second kappa shape index (κ2) is 8.85. The third kappa shape index (κ3) is 5.63. The zero-order chi connectivity index (χ0) is 20.9. The van der Waals surface area contributed by atoms with Crippen LogP contribution >= 0.6 is 0 Å². The van der Waals surface area contributed by atoms with Gasteiger partial charge in [-0.3, -0.25) is 4.79 Å². The van der Waals surface area contributed by atoms with E-state index in [9.17, 15) is 18.0 Å². The molecular weight excluding hydrogens is 385 g/mol. The average molecular weight is 404 g/mol. The molecule has 0 saturated carbocycles. The highest BCUT2D eigenvalue weighted by atomic mass is 19.4. The van der Waals surface area contributed by atoms with Crippen LogP contribution in [0.25, 0.3) is 11.4 Å². The number of allylic oxidation sites excluding steroid dienone is 4. The van der Waals surface area contributed by atoms with Gasteiger partial charge in [0.15, 0.2) is 5.82 Å². The molecule has 3 rings (SSSR count). The van der Waals surface area contributed by atoms with Crippen LogP contribution in [0.1, 0.15) is 12.5 Å². The molecule has 0 aliphatic heterocycles. The Morgan fingerprint density at radius 2 is 2.10 bits per heavy atom. The lowest BCUT2D eigenvalue weighted by molar-refractivity contribution is -0.143. The van der Waals surface area contributed by atoms with Gasteiger partial charge in [0.05, 0.1) is 11.9 Å². The van der Waals surface area contributed by atoms with Crippen LogP contribution in [0.3, 0.4) is 0 Å². The lowest BCUT2D eigenvalue weighted by Crippen LogP contribution is -2.30. The van der Waals surface area contributed by atoms with Crippen molar-refractivity contribution >= 4 is 5.71 Å². The smallest absolute Gasteiger partial charge is 0.396 e. The molecule has 1 aliphatic carbocycles. The molecular formula is C20H19F3N4O2. The maximum absolute atomic E-state index is 12.7. The molecule has 0 radical (unpaired) electrons. The van der Waals surface area contributed by atoms with Gasteiger partial charge in [-0.05, 0) is 31.1 Å². The average Bonchev–Trinajstić information content (AvgIpc) is 2.68. The minimum atomic E-state index is -4.55. The molecule has 1 aliphatic rings. The molecule has 0 spiro atoms. The van der Waals surface area contributed by atoms with Crippen LogP contribution < -0.4 is 5.56 Å². The van der Waals surface area contributed by atoms with Crippen LogP contribution in [0.5, 0.6) is 0 Å². The molecule has 2 aromatic rings. The van der Waals surface area contributed by atoms with E-state index in [-0.39, 0.29) is 11.7 Å². The zero-order valence-corrected chi connectivity index (χ0v) is 15.6. The van der Waals surface area contributed by atoms with E-state index in [1.165, 1.54) is 0 Å². The van der Waals surface area contributed by atoms with Gasteiger partial charge in [0, 0.05) is 11.5 Å². The normalized spacial score (nSPS) is 17.7. The van der Waals surface area contributed by atoms with Crippen molar-refractivity contribution in [2.75, 3.05) is 6.61 Å². The Bertz CT molecular complexity index is 1010. The van der Waals surface area contributed by atoms with E-state index in [0.29, 0.717) is 23.3 Å². The van der Waals surface area contributed by atoms with Crippen LogP contribution in [-0.2, 0) is 17.8 Å². The van der Waals surface area contributed by atoms with Crippen molar-refractivity contribution in [3.8, 4) is 11.4 Å². The Kier molecular flexibility index (Phi) is 6.26. The highest BCUT2D eigenvalue weighted by Gasteiger charge is 2.29. The standard InChI is InChI=1S/C20H19F3N4O2/c1-2-29-26-17-9-4-3-7-15(17)10-14-6-5-8-16(11-14)19-24-12-18(28)27(25-19)13-20(21,22)23/h3-9,11-12,15H,2,10,13H2,1H3. The molecule has 9 heteroatoms. The molecule has 0 saturated heterocycles. The van der Waals surface area contributed by atoms with E-state index >= 15 is 0 Å².